The van der Waals surface area contributed by atoms with Gasteiger partial charge in [0.25, 0.3) is 0 Å². The number of unbranched alkanes of at least 4 members (excludes halogenated alkanes) is 2. The van der Waals surface area contributed by atoms with E-state index in [2.05, 4.69) is 47.1 Å². The fourth-order valence-corrected chi connectivity index (χ4v) is 3.69. The highest BCUT2D eigenvalue weighted by Gasteiger charge is 2.43. The maximum atomic E-state index is 2.72. The SMILES string of the molecule is CCCCCC1(CN2CCN(c3ccccc3)CC2)CC1. The Bertz CT molecular complexity index is 416. The minimum atomic E-state index is 0.712. The second-order valence-corrected chi connectivity index (χ2v) is 7.06. The summed E-state index contributed by atoms with van der Waals surface area (Å²) in [5, 5.41) is 0. The van der Waals surface area contributed by atoms with Gasteiger partial charge in [-0.15, -0.1) is 0 Å². The van der Waals surface area contributed by atoms with Crippen molar-refractivity contribution in [3.63, 3.8) is 0 Å². The van der Waals surface area contributed by atoms with E-state index in [0.29, 0.717) is 5.41 Å². The van der Waals surface area contributed by atoms with Gasteiger partial charge in [0, 0.05) is 38.4 Å². The van der Waals surface area contributed by atoms with Crippen LogP contribution in [0.15, 0.2) is 30.3 Å². The zero-order valence-corrected chi connectivity index (χ0v) is 13.6. The second-order valence-electron chi connectivity index (χ2n) is 7.06. The standard InChI is InChI=1S/C19H30N2/c1-2-3-7-10-19(11-12-19)17-20-13-15-21(16-14-20)18-8-5-4-6-9-18/h4-6,8-9H,2-3,7,10-17H2,1H3. The molecule has 0 aromatic heterocycles. The number of hydrogen-bond donors (Lipinski definition) is 0. The minimum absolute atomic E-state index is 0.712. The Kier molecular flexibility index (Phi) is 4.84. The second kappa shape index (κ2) is 6.83. The van der Waals surface area contributed by atoms with Crippen molar-refractivity contribution in [1.82, 2.24) is 4.90 Å². The van der Waals surface area contributed by atoms with Crippen LogP contribution in [0.1, 0.15) is 45.4 Å². The molecule has 0 amide bonds. The van der Waals surface area contributed by atoms with Crippen molar-refractivity contribution in [3.05, 3.63) is 30.3 Å². The van der Waals surface area contributed by atoms with Gasteiger partial charge in [-0.25, -0.2) is 0 Å². The van der Waals surface area contributed by atoms with Crippen molar-refractivity contribution < 1.29 is 0 Å². The van der Waals surface area contributed by atoms with Crippen molar-refractivity contribution in [2.75, 3.05) is 37.6 Å². The molecular weight excluding hydrogens is 256 g/mol. The number of para-hydroxylation sites is 1. The van der Waals surface area contributed by atoms with Crippen molar-refractivity contribution in [3.8, 4) is 0 Å². The summed E-state index contributed by atoms with van der Waals surface area (Å²) in [6.07, 6.45) is 8.65. The van der Waals surface area contributed by atoms with Gasteiger partial charge in [-0.05, 0) is 36.8 Å². The Labute approximate surface area is 130 Å². The summed E-state index contributed by atoms with van der Waals surface area (Å²) in [6, 6.07) is 10.9. The van der Waals surface area contributed by atoms with Crippen molar-refractivity contribution in [2.45, 2.75) is 45.4 Å². The van der Waals surface area contributed by atoms with E-state index in [9.17, 15) is 0 Å². The Morgan fingerprint density at radius 2 is 1.67 bits per heavy atom. The quantitative estimate of drug-likeness (QED) is 0.694. The number of rotatable bonds is 7. The van der Waals surface area contributed by atoms with Gasteiger partial charge in [-0.1, -0.05) is 44.4 Å². The lowest BCUT2D eigenvalue weighted by molar-refractivity contribution is 0.199. The number of piperazine rings is 1. The molecule has 1 aromatic carbocycles. The van der Waals surface area contributed by atoms with Crippen LogP contribution in [0.3, 0.4) is 0 Å². The Hall–Kier alpha value is -1.02. The van der Waals surface area contributed by atoms with Gasteiger partial charge in [0.2, 0.25) is 0 Å². The van der Waals surface area contributed by atoms with Crippen LogP contribution in [0.5, 0.6) is 0 Å². The van der Waals surface area contributed by atoms with Gasteiger partial charge in [0.1, 0.15) is 0 Å². The summed E-state index contributed by atoms with van der Waals surface area (Å²) in [7, 11) is 0. The first-order valence-electron chi connectivity index (χ1n) is 8.84. The van der Waals surface area contributed by atoms with Crippen molar-refractivity contribution >= 4 is 5.69 Å². The van der Waals surface area contributed by atoms with Gasteiger partial charge in [-0.2, -0.15) is 0 Å². The molecule has 1 aliphatic carbocycles. The molecule has 0 bridgehead atoms. The lowest BCUT2D eigenvalue weighted by atomic mass is 9.97. The summed E-state index contributed by atoms with van der Waals surface area (Å²) in [6.45, 7) is 8.53. The van der Waals surface area contributed by atoms with Gasteiger partial charge in [0.05, 0.1) is 0 Å². The predicted molar refractivity (Wildman–Crippen MR) is 90.9 cm³/mol. The minimum Gasteiger partial charge on any atom is -0.369 e. The van der Waals surface area contributed by atoms with Crippen LogP contribution in [0.4, 0.5) is 5.69 Å². The molecule has 21 heavy (non-hydrogen) atoms. The van der Waals surface area contributed by atoms with E-state index in [-0.39, 0.29) is 0 Å². The average molecular weight is 286 g/mol. The van der Waals surface area contributed by atoms with E-state index in [0.717, 1.165) is 0 Å². The van der Waals surface area contributed by atoms with Crippen LogP contribution in [-0.4, -0.2) is 37.6 Å². The molecule has 1 saturated carbocycles. The first kappa shape index (κ1) is 14.9. The number of nitrogens with zero attached hydrogens (tertiary/aromatic N) is 2. The van der Waals surface area contributed by atoms with Crippen LogP contribution >= 0.6 is 0 Å². The lowest BCUT2D eigenvalue weighted by Crippen LogP contribution is -2.48. The molecule has 116 valence electrons. The first-order valence-corrected chi connectivity index (χ1v) is 8.84. The molecule has 2 heteroatoms. The molecule has 0 N–H and O–H groups in total. The van der Waals surface area contributed by atoms with Crippen molar-refractivity contribution in [2.24, 2.45) is 5.41 Å². The zero-order valence-electron chi connectivity index (χ0n) is 13.6. The molecule has 0 radical (unpaired) electrons. The average Bonchev–Trinajstić information content (AvgIpc) is 3.29. The van der Waals surface area contributed by atoms with Crippen LogP contribution in [0.25, 0.3) is 0 Å². The van der Waals surface area contributed by atoms with E-state index in [1.807, 2.05) is 0 Å². The van der Waals surface area contributed by atoms with E-state index < -0.39 is 0 Å². The Balaban J connectivity index is 1.44. The molecular formula is C19H30N2. The summed E-state index contributed by atoms with van der Waals surface area (Å²) in [5.74, 6) is 0. The molecule has 1 heterocycles. The number of benzene rings is 1. The molecule has 2 aliphatic rings. The molecule has 0 spiro atoms. The van der Waals surface area contributed by atoms with E-state index in [4.69, 9.17) is 0 Å². The molecule has 2 fully saturated rings. The van der Waals surface area contributed by atoms with Gasteiger partial charge >= 0.3 is 0 Å². The number of anilines is 1. The monoisotopic (exact) mass is 286 g/mol. The van der Waals surface area contributed by atoms with Crippen LogP contribution in [-0.2, 0) is 0 Å². The fourth-order valence-electron chi connectivity index (χ4n) is 3.69. The van der Waals surface area contributed by atoms with Gasteiger partial charge in [0.15, 0.2) is 0 Å². The summed E-state index contributed by atoms with van der Waals surface area (Å²) < 4.78 is 0. The Morgan fingerprint density at radius 1 is 0.952 bits per heavy atom. The summed E-state index contributed by atoms with van der Waals surface area (Å²) in [4.78, 5) is 5.26. The molecule has 1 aliphatic heterocycles. The van der Waals surface area contributed by atoms with E-state index >= 15 is 0 Å². The molecule has 0 unspecified atom stereocenters. The predicted octanol–water partition coefficient (Wildman–Crippen LogP) is 4.17. The third-order valence-corrected chi connectivity index (χ3v) is 5.32. The molecule has 1 saturated heterocycles. The summed E-state index contributed by atoms with van der Waals surface area (Å²) >= 11 is 0. The molecule has 1 aromatic rings. The first-order chi connectivity index (χ1) is 10.3. The van der Waals surface area contributed by atoms with E-state index in [1.54, 1.807) is 0 Å². The highest BCUT2D eigenvalue weighted by atomic mass is 15.3. The third kappa shape index (κ3) is 4.00. The highest BCUT2D eigenvalue weighted by molar-refractivity contribution is 5.46. The molecule has 0 atom stereocenters. The largest absolute Gasteiger partial charge is 0.369 e. The third-order valence-electron chi connectivity index (χ3n) is 5.32. The molecule has 2 nitrogen and oxygen atoms in total. The maximum Gasteiger partial charge on any atom is 0.0367 e. The normalized spacial score (nSPS) is 21.5. The van der Waals surface area contributed by atoms with Crippen molar-refractivity contribution in [1.29, 1.82) is 0 Å². The fraction of sp³-hybridized carbons (Fsp3) is 0.684. The Morgan fingerprint density at radius 3 is 2.29 bits per heavy atom. The summed E-state index contributed by atoms with van der Waals surface area (Å²) in [5.41, 5.74) is 2.10. The lowest BCUT2D eigenvalue weighted by Gasteiger charge is -2.38. The van der Waals surface area contributed by atoms with Gasteiger partial charge < -0.3 is 4.90 Å². The van der Waals surface area contributed by atoms with Crippen LogP contribution < -0.4 is 4.90 Å². The topological polar surface area (TPSA) is 6.48 Å². The maximum absolute atomic E-state index is 2.72. The van der Waals surface area contributed by atoms with Gasteiger partial charge in [-0.3, -0.25) is 4.90 Å². The van der Waals surface area contributed by atoms with E-state index in [1.165, 1.54) is 76.9 Å². The van der Waals surface area contributed by atoms with Crippen LogP contribution in [0.2, 0.25) is 0 Å². The highest BCUT2D eigenvalue weighted by Crippen LogP contribution is 2.50. The molecule has 3 rings (SSSR count). The number of hydrogen-bond acceptors (Lipinski definition) is 2. The zero-order chi connectivity index (χ0) is 14.5. The van der Waals surface area contributed by atoms with Crippen LogP contribution in [0, 0.1) is 5.41 Å². The smallest absolute Gasteiger partial charge is 0.0367 e.